The van der Waals surface area contributed by atoms with Gasteiger partial charge in [0, 0.05) is 30.1 Å². The number of carbonyl (C=O) groups excluding carboxylic acids is 1. The summed E-state index contributed by atoms with van der Waals surface area (Å²) >= 11 is 5.27. The van der Waals surface area contributed by atoms with E-state index in [1.165, 1.54) is 19.3 Å². The van der Waals surface area contributed by atoms with Gasteiger partial charge in [-0.2, -0.15) is 11.8 Å². The molecule has 0 aromatic carbocycles. The largest absolute Gasteiger partial charge is 0.339 e. The molecule has 1 atom stereocenters. The molecule has 1 unspecified atom stereocenters. The van der Waals surface area contributed by atoms with E-state index < -0.39 is 0 Å². The molecule has 1 saturated heterocycles. The summed E-state index contributed by atoms with van der Waals surface area (Å²) in [6.45, 7) is 0.962. The summed E-state index contributed by atoms with van der Waals surface area (Å²) in [6.07, 6.45) is 7.63. The summed E-state index contributed by atoms with van der Waals surface area (Å²) in [5, 5.41) is 0.929. The number of halogens is 1. The van der Waals surface area contributed by atoms with Gasteiger partial charge in [-0.3, -0.25) is 4.79 Å². The van der Waals surface area contributed by atoms with Crippen molar-refractivity contribution in [3.8, 4) is 0 Å². The number of hydrogen-bond donors (Lipinski definition) is 0. The molecule has 4 heteroatoms. The molecule has 0 bridgehead atoms. The minimum atomic E-state index is 0.343. The van der Waals surface area contributed by atoms with Crippen LogP contribution in [0.1, 0.15) is 32.1 Å². The van der Waals surface area contributed by atoms with Crippen LogP contribution in [-0.2, 0) is 4.79 Å². The molecular weight excluding hydrogens is 274 g/mol. The molecule has 1 fully saturated rings. The summed E-state index contributed by atoms with van der Waals surface area (Å²) in [4.78, 5) is 14.1. The fourth-order valence-corrected chi connectivity index (χ4v) is 3.05. The van der Waals surface area contributed by atoms with Crippen molar-refractivity contribution in [2.45, 2.75) is 38.1 Å². The Labute approximate surface area is 105 Å². The molecule has 1 heterocycles. The highest BCUT2D eigenvalue weighted by atomic mass is 79.9. The lowest BCUT2D eigenvalue weighted by atomic mass is 10.1. The summed E-state index contributed by atoms with van der Waals surface area (Å²) in [5.41, 5.74) is 0. The first-order chi connectivity index (χ1) is 7.29. The minimum Gasteiger partial charge on any atom is -0.339 e. The molecule has 0 aromatic rings. The molecule has 0 aliphatic carbocycles. The van der Waals surface area contributed by atoms with E-state index in [9.17, 15) is 4.79 Å². The fraction of sp³-hybridized carbons (Fsp3) is 0.909. The predicted molar refractivity (Wildman–Crippen MR) is 70.8 cm³/mol. The van der Waals surface area contributed by atoms with E-state index in [4.69, 9.17) is 0 Å². The summed E-state index contributed by atoms with van der Waals surface area (Å²) < 4.78 is 0. The van der Waals surface area contributed by atoms with Crippen LogP contribution < -0.4 is 0 Å². The number of rotatable bonds is 4. The highest BCUT2D eigenvalue weighted by molar-refractivity contribution is 9.09. The number of alkyl halides is 1. The van der Waals surface area contributed by atoms with Gasteiger partial charge in [-0.1, -0.05) is 28.8 Å². The highest BCUT2D eigenvalue weighted by Crippen LogP contribution is 2.19. The van der Waals surface area contributed by atoms with Crippen molar-refractivity contribution in [3.63, 3.8) is 0 Å². The minimum absolute atomic E-state index is 0.343. The Morgan fingerprint density at radius 2 is 2.27 bits per heavy atom. The van der Waals surface area contributed by atoms with E-state index in [1.807, 2.05) is 0 Å². The summed E-state index contributed by atoms with van der Waals surface area (Å²) in [7, 11) is 0. The zero-order valence-corrected chi connectivity index (χ0v) is 11.8. The zero-order valence-electron chi connectivity index (χ0n) is 9.38. The SMILES string of the molecule is CSCCC(=O)N1CCCCCC1CBr. The van der Waals surface area contributed by atoms with Crippen molar-refractivity contribution in [2.24, 2.45) is 0 Å². The average molecular weight is 294 g/mol. The Morgan fingerprint density at radius 1 is 1.47 bits per heavy atom. The van der Waals surface area contributed by atoms with Gasteiger partial charge < -0.3 is 4.90 Å². The standard InChI is InChI=1S/C11H20BrNOS/c1-15-8-6-11(14)13-7-4-2-3-5-10(13)9-12/h10H,2-9H2,1H3. The van der Waals surface area contributed by atoms with Gasteiger partial charge in [0.1, 0.15) is 0 Å². The van der Waals surface area contributed by atoms with Crippen LogP contribution in [0.5, 0.6) is 0 Å². The molecule has 2 nitrogen and oxygen atoms in total. The van der Waals surface area contributed by atoms with Gasteiger partial charge in [0.05, 0.1) is 0 Å². The monoisotopic (exact) mass is 293 g/mol. The molecule has 88 valence electrons. The first kappa shape index (κ1) is 13.4. The third kappa shape index (κ3) is 4.35. The second kappa shape index (κ2) is 7.55. The molecule has 0 aromatic heterocycles. The van der Waals surface area contributed by atoms with E-state index in [-0.39, 0.29) is 0 Å². The quantitative estimate of drug-likeness (QED) is 0.743. The Kier molecular flexibility index (Phi) is 6.73. The maximum atomic E-state index is 12.0. The Hall–Kier alpha value is 0.300. The van der Waals surface area contributed by atoms with Crippen LogP contribution in [0.3, 0.4) is 0 Å². The van der Waals surface area contributed by atoms with Crippen molar-refractivity contribution in [2.75, 3.05) is 23.9 Å². The molecule has 1 rings (SSSR count). The maximum Gasteiger partial charge on any atom is 0.223 e. The highest BCUT2D eigenvalue weighted by Gasteiger charge is 2.23. The van der Waals surface area contributed by atoms with Crippen molar-refractivity contribution >= 4 is 33.6 Å². The van der Waals surface area contributed by atoms with E-state index in [0.29, 0.717) is 18.4 Å². The number of thioether (sulfide) groups is 1. The lowest BCUT2D eigenvalue weighted by Gasteiger charge is -2.28. The number of amides is 1. The van der Waals surface area contributed by atoms with Crippen molar-refractivity contribution < 1.29 is 4.79 Å². The predicted octanol–water partition coefficient (Wildman–Crippen LogP) is 2.91. The van der Waals surface area contributed by atoms with Crippen molar-refractivity contribution in [1.82, 2.24) is 4.90 Å². The lowest BCUT2D eigenvalue weighted by molar-refractivity contribution is -0.132. The number of nitrogens with zero attached hydrogens (tertiary/aromatic N) is 1. The second-order valence-electron chi connectivity index (χ2n) is 3.99. The van der Waals surface area contributed by atoms with Gasteiger partial charge in [0.15, 0.2) is 0 Å². The van der Waals surface area contributed by atoms with E-state index in [0.717, 1.165) is 24.0 Å². The van der Waals surface area contributed by atoms with Crippen LogP contribution in [0.15, 0.2) is 0 Å². The smallest absolute Gasteiger partial charge is 0.223 e. The molecule has 15 heavy (non-hydrogen) atoms. The lowest BCUT2D eigenvalue weighted by Crippen LogP contribution is -2.41. The van der Waals surface area contributed by atoms with Gasteiger partial charge in [-0.05, 0) is 19.1 Å². The average Bonchev–Trinajstić information content (AvgIpc) is 2.50. The Balaban J connectivity index is 2.49. The van der Waals surface area contributed by atoms with Crippen LogP contribution >= 0.6 is 27.7 Å². The number of hydrogen-bond acceptors (Lipinski definition) is 2. The first-order valence-corrected chi connectivity index (χ1v) is 8.15. The van der Waals surface area contributed by atoms with Crippen LogP contribution in [0.25, 0.3) is 0 Å². The van der Waals surface area contributed by atoms with Crippen LogP contribution in [0.4, 0.5) is 0 Å². The van der Waals surface area contributed by atoms with Crippen LogP contribution in [0.2, 0.25) is 0 Å². The normalized spacial score (nSPS) is 22.5. The van der Waals surface area contributed by atoms with E-state index in [1.54, 1.807) is 11.8 Å². The van der Waals surface area contributed by atoms with Gasteiger partial charge in [-0.25, -0.2) is 0 Å². The number of likely N-dealkylation sites (tertiary alicyclic amines) is 1. The fourth-order valence-electron chi connectivity index (χ4n) is 2.00. The van der Waals surface area contributed by atoms with Gasteiger partial charge in [0.2, 0.25) is 5.91 Å². The third-order valence-corrected chi connectivity index (χ3v) is 4.26. The Bertz CT molecular complexity index is 201. The van der Waals surface area contributed by atoms with Crippen LogP contribution in [0, 0.1) is 0 Å². The van der Waals surface area contributed by atoms with E-state index >= 15 is 0 Å². The van der Waals surface area contributed by atoms with E-state index in [2.05, 4.69) is 27.1 Å². The molecule has 1 aliphatic heterocycles. The summed E-state index contributed by atoms with van der Waals surface area (Å²) in [6, 6.07) is 0.432. The molecule has 0 N–H and O–H groups in total. The second-order valence-corrected chi connectivity index (χ2v) is 5.62. The Morgan fingerprint density at radius 3 is 2.93 bits per heavy atom. The van der Waals surface area contributed by atoms with Gasteiger partial charge in [-0.15, -0.1) is 0 Å². The first-order valence-electron chi connectivity index (χ1n) is 5.64. The van der Waals surface area contributed by atoms with Crippen molar-refractivity contribution in [3.05, 3.63) is 0 Å². The van der Waals surface area contributed by atoms with Gasteiger partial charge >= 0.3 is 0 Å². The van der Waals surface area contributed by atoms with Gasteiger partial charge in [0.25, 0.3) is 0 Å². The zero-order chi connectivity index (χ0) is 11.1. The molecule has 0 saturated carbocycles. The third-order valence-electron chi connectivity index (χ3n) is 2.90. The molecule has 0 spiro atoms. The molecular formula is C11H20BrNOS. The molecule has 1 amide bonds. The van der Waals surface area contributed by atoms with Crippen molar-refractivity contribution in [1.29, 1.82) is 0 Å². The van der Waals surface area contributed by atoms with Crippen LogP contribution in [-0.4, -0.2) is 40.7 Å². The number of carbonyl (C=O) groups is 1. The maximum absolute atomic E-state index is 12.0. The summed E-state index contributed by atoms with van der Waals surface area (Å²) in [5.74, 6) is 1.29. The molecule has 1 aliphatic rings. The molecule has 0 radical (unpaired) electrons. The topological polar surface area (TPSA) is 20.3 Å².